The van der Waals surface area contributed by atoms with Crippen LogP contribution in [0.4, 0.5) is 11.4 Å². The van der Waals surface area contributed by atoms with Crippen LogP contribution in [0.5, 0.6) is 5.75 Å². The van der Waals surface area contributed by atoms with Crippen LogP contribution in [0.15, 0.2) is 45.8 Å². The topological polar surface area (TPSA) is 61.9 Å². The molecule has 1 N–H and O–H groups in total. The highest BCUT2D eigenvalue weighted by Crippen LogP contribution is 2.33. The highest BCUT2D eigenvalue weighted by atomic mass is 79.9. The van der Waals surface area contributed by atoms with Gasteiger partial charge in [-0.2, -0.15) is 0 Å². The maximum Gasteiger partial charge on any atom is 0.261 e. The van der Waals surface area contributed by atoms with E-state index in [4.69, 9.17) is 4.74 Å². The number of nitrogens with zero attached hydrogens (tertiary/aromatic N) is 2. The van der Waals surface area contributed by atoms with Crippen LogP contribution in [-0.2, 0) is 10.0 Å². The van der Waals surface area contributed by atoms with E-state index in [1.54, 1.807) is 37.4 Å². The number of halogens is 2. The molecule has 0 radical (unpaired) electrons. The molecule has 9 heteroatoms. The quantitative estimate of drug-likeness (QED) is 0.692. The molecule has 1 saturated heterocycles. The maximum absolute atomic E-state index is 13.0. The summed E-state index contributed by atoms with van der Waals surface area (Å²) in [6, 6.07) is 10.4. The number of piperazine rings is 1. The molecule has 0 amide bonds. The second kappa shape index (κ2) is 9.35. The SMILES string of the molecule is COc1ccc(S(=O)(=O)Nc2cccc(Br)c2C)cc1N1CCN(C)CC1.Cl. The fourth-order valence-corrected chi connectivity index (χ4v) is 4.56. The standard InChI is InChI=1S/C19H24BrN3O3S.ClH/c1-14-16(20)5-4-6-17(14)21-27(24,25)15-7-8-19(26-3)18(13-15)23-11-9-22(2)10-12-23;/h4-8,13,21H,9-12H2,1-3H3;1H. The second-order valence-electron chi connectivity index (χ2n) is 6.64. The first kappa shape index (κ1) is 22.8. The van der Waals surface area contributed by atoms with Crippen molar-refractivity contribution in [3.05, 3.63) is 46.4 Å². The Labute approximate surface area is 181 Å². The zero-order valence-electron chi connectivity index (χ0n) is 16.1. The van der Waals surface area contributed by atoms with Gasteiger partial charge in [0.1, 0.15) is 5.75 Å². The lowest BCUT2D eigenvalue weighted by Crippen LogP contribution is -2.44. The third-order valence-corrected chi connectivity index (χ3v) is 7.04. The molecule has 28 heavy (non-hydrogen) atoms. The molecule has 1 heterocycles. The minimum Gasteiger partial charge on any atom is -0.495 e. The van der Waals surface area contributed by atoms with Crippen LogP contribution in [-0.4, -0.2) is 53.7 Å². The van der Waals surface area contributed by atoms with Gasteiger partial charge in [-0.05, 0) is 49.9 Å². The zero-order valence-corrected chi connectivity index (χ0v) is 19.3. The monoisotopic (exact) mass is 489 g/mol. The van der Waals surface area contributed by atoms with Crippen molar-refractivity contribution >= 4 is 49.7 Å². The molecule has 0 bridgehead atoms. The Morgan fingerprint density at radius 3 is 2.43 bits per heavy atom. The number of hydrogen-bond donors (Lipinski definition) is 1. The Kier molecular flexibility index (Phi) is 7.61. The van der Waals surface area contributed by atoms with Crippen LogP contribution in [0.1, 0.15) is 5.56 Å². The van der Waals surface area contributed by atoms with Crippen molar-refractivity contribution in [2.45, 2.75) is 11.8 Å². The lowest BCUT2D eigenvalue weighted by Gasteiger charge is -2.34. The van der Waals surface area contributed by atoms with E-state index in [2.05, 4.69) is 37.5 Å². The van der Waals surface area contributed by atoms with Gasteiger partial charge in [0, 0.05) is 30.7 Å². The third-order valence-electron chi connectivity index (χ3n) is 4.82. The lowest BCUT2D eigenvalue weighted by atomic mass is 10.2. The van der Waals surface area contributed by atoms with Crippen LogP contribution in [0, 0.1) is 6.92 Å². The van der Waals surface area contributed by atoms with Gasteiger partial charge in [-0.25, -0.2) is 8.42 Å². The van der Waals surface area contributed by atoms with Gasteiger partial charge in [-0.1, -0.05) is 22.0 Å². The van der Waals surface area contributed by atoms with Crippen LogP contribution >= 0.6 is 28.3 Å². The summed E-state index contributed by atoms with van der Waals surface area (Å²) >= 11 is 3.44. The van der Waals surface area contributed by atoms with Gasteiger partial charge in [0.2, 0.25) is 0 Å². The summed E-state index contributed by atoms with van der Waals surface area (Å²) in [4.78, 5) is 4.64. The summed E-state index contributed by atoms with van der Waals surface area (Å²) in [6.45, 7) is 5.37. The third kappa shape index (κ3) is 4.92. The maximum atomic E-state index is 13.0. The molecule has 6 nitrogen and oxygen atoms in total. The van der Waals surface area contributed by atoms with Crippen molar-refractivity contribution in [1.29, 1.82) is 0 Å². The number of methoxy groups -OCH3 is 1. The van der Waals surface area contributed by atoms with Gasteiger partial charge in [-0.15, -0.1) is 12.4 Å². The van der Waals surface area contributed by atoms with Crippen LogP contribution in [0.3, 0.4) is 0 Å². The summed E-state index contributed by atoms with van der Waals surface area (Å²) in [5, 5.41) is 0. The van der Waals surface area contributed by atoms with Crippen molar-refractivity contribution in [3.8, 4) is 5.75 Å². The number of hydrogen-bond acceptors (Lipinski definition) is 5. The predicted molar refractivity (Wildman–Crippen MR) is 120 cm³/mol. The van der Waals surface area contributed by atoms with Crippen molar-refractivity contribution in [2.75, 3.05) is 50.0 Å². The Bertz CT molecular complexity index is 932. The number of anilines is 2. The van der Waals surface area contributed by atoms with Crippen molar-refractivity contribution in [3.63, 3.8) is 0 Å². The predicted octanol–water partition coefficient (Wildman–Crippen LogP) is 3.74. The Morgan fingerprint density at radius 1 is 1.11 bits per heavy atom. The number of nitrogens with one attached hydrogen (secondary N) is 1. The number of ether oxygens (including phenoxy) is 1. The smallest absolute Gasteiger partial charge is 0.261 e. The number of sulfonamides is 1. The van der Waals surface area contributed by atoms with Gasteiger partial charge in [-0.3, -0.25) is 4.72 Å². The van der Waals surface area contributed by atoms with Crippen LogP contribution in [0.2, 0.25) is 0 Å². The van der Waals surface area contributed by atoms with Gasteiger partial charge in [0.15, 0.2) is 0 Å². The van der Waals surface area contributed by atoms with Crippen LogP contribution < -0.4 is 14.4 Å². The van der Waals surface area contributed by atoms with E-state index >= 15 is 0 Å². The van der Waals surface area contributed by atoms with Gasteiger partial charge >= 0.3 is 0 Å². The molecule has 0 saturated carbocycles. The summed E-state index contributed by atoms with van der Waals surface area (Å²) in [7, 11) is -0.0266. The lowest BCUT2D eigenvalue weighted by molar-refractivity contribution is 0.311. The minimum atomic E-state index is -3.71. The molecule has 1 fully saturated rings. The molecule has 1 aliphatic rings. The van der Waals surface area contributed by atoms with Crippen LogP contribution in [0.25, 0.3) is 0 Å². The number of benzene rings is 2. The molecule has 1 aliphatic heterocycles. The Morgan fingerprint density at radius 2 is 1.79 bits per heavy atom. The molecular weight excluding hydrogens is 466 g/mol. The van der Waals surface area contributed by atoms with E-state index in [0.717, 1.165) is 41.9 Å². The molecule has 0 unspecified atom stereocenters. The largest absolute Gasteiger partial charge is 0.495 e. The summed E-state index contributed by atoms with van der Waals surface area (Å²) in [5.74, 6) is 0.678. The molecule has 154 valence electrons. The molecule has 0 atom stereocenters. The van der Waals surface area contributed by atoms with E-state index in [9.17, 15) is 8.42 Å². The average Bonchev–Trinajstić information content (AvgIpc) is 2.65. The normalized spacial score (nSPS) is 15.1. The first-order valence-electron chi connectivity index (χ1n) is 8.71. The highest BCUT2D eigenvalue weighted by molar-refractivity contribution is 9.10. The average molecular weight is 491 g/mol. The van der Waals surface area contributed by atoms with E-state index in [1.807, 2.05) is 13.0 Å². The molecule has 0 aromatic heterocycles. The molecule has 3 rings (SSSR count). The van der Waals surface area contributed by atoms with E-state index < -0.39 is 10.0 Å². The van der Waals surface area contributed by atoms with Crippen molar-refractivity contribution < 1.29 is 13.2 Å². The fourth-order valence-electron chi connectivity index (χ4n) is 3.05. The van der Waals surface area contributed by atoms with Crippen molar-refractivity contribution in [2.24, 2.45) is 0 Å². The van der Waals surface area contributed by atoms with Gasteiger partial charge in [0.05, 0.1) is 23.4 Å². The minimum absolute atomic E-state index is 0. The van der Waals surface area contributed by atoms with E-state index in [-0.39, 0.29) is 17.3 Å². The number of likely N-dealkylation sites (N-methyl/N-ethyl adjacent to an activating group) is 1. The summed E-state index contributed by atoms with van der Waals surface area (Å²) in [5.41, 5.74) is 2.20. The first-order valence-corrected chi connectivity index (χ1v) is 11.0. The summed E-state index contributed by atoms with van der Waals surface area (Å²) in [6.07, 6.45) is 0. The number of rotatable bonds is 5. The van der Waals surface area contributed by atoms with Gasteiger partial charge < -0.3 is 14.5 Å². The fraction of sp³-hybridized carbons (Fsp3) is 0.368. The summed E-state index contributed by atoms with van der Waals surface area (Å²) < 4.78 is 34.9. The zero-order chi connectivity index (χ0) is 19.6. The van der Waals surface area contributed by atoms with Gasteiger partial charge in [0.25, 0.3) is 10.0 Å². The second-order valence-corrected chi connectivity index (χ2v) is 9.18. The molecule has 0 spiro atoms. The molecule has 0 aliphatic carbocycles. The first-order chi connectivity index (χ1) is 12.8. The Balaban J connectivity index is 0.00000280. The molecular formula is C19H25BrClN3O3S. The molecule has 2 aromatic rings. The van der Waals surface area contributed by atoms with E-state index in [1.165, 1.54) is 0 Å². The highest BCUT2D eigenvalue weighted by Gasteiger charge is 2.22. The van der Waals surface area contributed by atoms with E-state index in [0.29, 0.717) is 11.4 Å². The van der Waals surface area contributed by atoms with Crippen molar-refractivity contribution in [1.82, 2.24) is 4.90 Å². The molecule has 2 aromatic carbocycles. The Hall–Kier alpha value is -1.48.